The second-order valence-electron chi connectivity index (χ2n) is 10.4. The summed E-state index contributed by atoms with van der Waals surface area (Å²) in [6.07, 6.45) is 25.3. The molecule has 0 aliphatic carbocycles. The first-order valence-corrected chi connectivity index (χ1v) is 17.0. The Balaban J connectivity index is 4.03. The fourth-order valence-corrected chi connectivity index (χ4v) is 4.55. The zero-order valence-corrected chi connectivity index (χ0v) is 25.7. The third-order valence-electron chi connectivity index (χ3n) is 6.53. The number of carbonyl (C=O) groups is 2. The molecule has 1 atom stereocenters. The molecular formula is C30H57O8P. The van der Waals surface area contributed by atoms with Crippen LogP contribution in [0.1, 0.15) is 149 Å². The highest BCUT2D eigenvalue weighted by molar-refractivity contribution is 7.46. The highest BCUT2D eigenvalue weighted by Gasteiger charge is 2.22. The Labute approximate surface area is 237 Å². The van der Waals surface area contributed by atoms with E-state index in [9.17, 15) is 14.2 Å². The molecule has 0 saturated heterocycles. The Hall–Kier alpha value is -1.21. The van der Waals surface area contributed by atoms with E-state index < -0.39 is 32.5 Å². The lowest BCUT2D eigenvalue weighted by Gasteiger charge is -2.18. The van der Waals surface area contributed by atoms with Gasteiger partial charge < -0.3 is 19.3 Å². The van der Waals surface area contributed by atoms with Crippen molar-refractivity contribution in [1.29, 1.82) is 0 Å². The number of ether oxygens (including phenoxy) is 2. The summed E-state index contributed by atoms with van der Waals surface area (Å²) in [6, 6.07) is 0. The van der Waals surface area contributed by atoms with Crippen molar-refractivity contribution >= 4 is 19.8 Å². The van der Waals surface area contributed by atoms with Gasteiger partial charge in [0.05, 0.1) is 6.61 Å². The van der Waals surface area contributed by atoms with Crippen LogP contribution in [0.4, 0.5) is 0 Å². The van der Waals surface area contributed by atoms with E-state index in [1.165, 1.54) is 57.8 Å². The van der Waals surface area contributed by atoms with Crippen LogP contribution < -0.4 is 0 Å². The number of phosphoric ester groups is 1. The number of rotatable bonds is 28. The number of phosphoric acid groups is 1. The van der Waals surface area contributed by atoms with Crippen LogP contribution in [0.15, 0.2) is 12.2 Å². The van der Waals surface area contributed by atoms with E-state index in [0.717, 1.165) is 57.8 Å². The summed E-state index contributed by atoms with van der Waals surface area (Å²) >= 11 is 0. The number of carbonyl (C=O) groups excluding carboxylic acids is 2. The van der Waals surface area contributed by atoms with Gasteiger partial charge in [-0.2, -0.15) is 0 Å². The first kappa shape index (κ1) is 37.8. The van der Waals surface area contributed by atoms with E-state index in [1.807, 2.05) is 0 Å². The van der Waals surface area contributed by atoms with Gasteiger partial charge in [0.25, 0.3) is 0 Å². The zero-order chi connectivity index (χ0) is 29.0. The fourth-order valence-electron chi connectivity index (χ4n) is 4.19. The Morgan fingerprint density at radius 2 is 1.08 bits per heavy atom. The number of allylic oxidation sites excluding steroid dienone is 2. The lowest BCUT2D eigenvalue weighted by molar-refractivity contribution is -0.161. The van der Waals surface area contributed by atoms with Crippen LogP contribution in [0.2, 0.25) is 0 Å². The molecule has 8 nitrogen and oxygen atoms in total. The van der Waals surface area contributed by atoms with Crippen molar-refractivity contribution in [1.82, 2.24) is 0 Å². The second kappa shape index (κ2) is 27.0. The summed E-state index contributed by atoms with van der Waals surface area (Å²) in [6.45, 7) is 3.58. The smallest absolute Gasteiger partial charge is 0.462 e. The molecule has 0 heterocycles. The lowest BCUT2D eigenvalue weighted by atomic mass is 10.1. The van der Waals surface area contributed by atoms with E-state index in [4.69, 9.17) is 19.3 Å². The molecule has 0 spiro atoms. The molecule has 0 aromatic rings. The first-order chi connectivity index (χ1) is 18.8. The van der Waals surface area contributed by atoms with Crippen molar-refractivity contribution in [2.75, 3.05) is 13.2 Å². The molecule has 0 aliphatic heterocycles. The minimum Gasteiger partial charge on any atom is -0.462 e. The van der Waals surface area contributed by atoms with Crippen molar-refractivity contribution in [2.24, 2.45) is 0 Å². The first-order valence-electron chi connectivity index (χ1n) is 15.5. The SMILES string of the molecule is CCCCCCC/C=C/CCCCCCCC(=O)O[C@H](COC(=O)CCCCCCCCC)COP(=O)(O)O. The van der Waals surface area contributed by atoms with Gasteiger partial charge in [0.2, 0.25) is 0 Å². The van der Waals surface area contributed by atoms with Crippen molar-refractivity contribution in [2.45, 2.75) is 155 Å². The van der Waals surface area contributed by atoms with Gasteiger partial charge in [-0.3, -0.25) is 14.1 Å². The third-order valence-corrected chi connectivity index (χ3v) is 7.02. The standard InChI is InChI=1S/C30H57O8P/c1-3-5-7-9-11-12-13-14-15-16-17-19-21-23-25-30(32)38-28(27-37-39(33,34)35)26-36-29(31)24-22-20-18-10-8-6-4-2/h13-14,28H,3-12,15-27H2,1-2H3,(H2,33,34,35)/b14-13+/t28-/m1/s1. The van der Waals surface area contributed by atoms with E-state index in [0.29, 0.717) is 6.42 Å². The summed E-state index contributed by atoms with van der Waals surface area (Å²) in [5.41, 5.74) is 0. The maximum Gasteiger partial charge on any atom is 0.469 e. The van der Waals surface area contributed by atoms with E-state index in [1.54, 1.807) is 0 Å². The van der Waals surface area contributed by atoms with Crippen LogP contribution in [0.25, 0.3) is 0 Å². The number of esters is 2. The van der Waals surface area contributed by atoms with Gasteiger partial charge in [0.1, 0.15) is 6.61 Å². The number of hydrogen-bond donors (Lipinski definition) is 2. The molecule has 0 amide bonds. The van der Waals surface area contributed by atoms with Crippen LogP contribution in [-0.4, -0.2) is 41.0 Å². The Bertz CT molecular complexity index is 661. The predicted molar refractivity (Wildman–Crippen MR) is 156 cm³/mol. The topological polar surface area (TPSA) is 119 Å². The molecule has 0 unspecified atom stereocenters. The molecule has 0 aliphatic rings. The maximum atomic E-state index is 12.2. The molecule has 0 rings (SSSR count). The van der Waals surface area contributed by atoms with Gasteiger partial charge in [-0.1, -0.05) is 109 Å². The van der Waals surface area contributed by atoms with Crippen molar-refractivity contribution in [3.63, 3.8) is 0 Å². The van der Waals surface area contributed by atoms with Crippen LogP contribution >= 0.6 is 7.82 Å². The van der Waals surface area contributed by atoms with Crippen LogP contribution in [0.3, 0.4) is 0 Å². The van der Waals surface area contributed by atoms with E-state index >= 15 is 0 Å². The molecular weight excluding hydrogens is 519 g/mol. The Morgan fingerprint density at radius 3 is 1.56 bits per heavy atom. The van der Waals surface area contributed by atoms with Gasteiger partial charge in [-0.25, -0.2) is 4.57 Å². The fraction of sp³-hybridized carbons (Fsp3) is 0.867. The van der Waals surface area contributed by atoms with E-state index in [-0.39, 0.29) is 19.4 Å². The lowest BCUT2D eigenvalue weighted by Crippen LogP contribution is -2.29. The molecule has 0 saturated carbocycles. The molecule has 0 aromatic carbocycles. The summed E-state index contributed by atoms with van der Waals surface area (Å²) in [7, 11) is -4.73. The third kappa shape index (κ3) is 29.6. The van der Waals surface area contributed by atoms with Crippen LogP contribution in [-0.2, 0) is 28.2 Å². The second-order valence-corrected chi connectivity index (χ2v) is 11.7. The minimum absolute atomic E-state index is 0.205. The largest absolute Gasteiger partial charge is 0.469 e. The zero-order valence-electron chi connectivity index (χ0n) is 24.8. The van der Waals surface area contributed by atoms with Crippen LogP contribution in [0.5, 0.6) is 0 Å². The van der Waals surface area contributed by atoms with Gasteiger partial charge in [-0.15, -0.1) is 0 Å². The Kier molecular flexibility index (Phi) is 26.1. The van der Waals surface area contributed by atoms with E-state index in [2.05, 4.69) is 30.5 Å². The molecule has 39 heavy (non-hydrogen) atoms. The molecule has 0 radical (unpaired) electrons. The molecule has 230 valence electrons. The number of unbranched alkanes of at least 4 members (excludes halogenated alkanes) is 16. The molecule has 9 heteroatoms. The average Bonchev–Trinajstić information content (AvgIpc) is 2.89. The highest BCUT2D eigenvalue weighted by Crippen LogP contribution is 2.35. The van der Waals surface area contributed by atoms with Gasteiger partial charge in [0.15, 0.2) is 6.10 Å². The minimum atomic E-state index is -4.73. The van der Waals surface area contributed by atoms with Gasteiger partial charge in [-0.05, 0) is 38.5 Å². The number of hydrogen-bond acceptors (Lipinski definition) is 6. The summed E-state index contributed by atoms with van der Waals surface area (Å²) in [5, 5.41) is 0. The summed E-state index contributed by atoms with van der Waals surface area (Å²) in [5.74, 6) is -0.901. The Morgan fingerprint density at radius 1 is 0.641 bits per heavy atom. The van der Waals surface area contributed by atoms with Crippen LogP contribution in [0, 0.1) is 0 Å². The molecule has 0 bridgehead atoms. The maximum absolute atomic E-state index is 12.2. The predicted octanol–water partition coefficient (Wildman–Crippen LogP) is 8.34. The van der Waals surface area contributed by atoms with Gasteiger partial charge >= 0.3 is 19.8 Å². The summed E-state index contributed by atoms with van der Waals surface area (Å²) < 4.78 is 26.0. The van der Waals surface area contributed by atoms with Crippen molar-refractivity contribution in [3.05, 3.63) is 12.2 Å². The van der Waals surface area contributed by atoms with Gasteiger partial charge in [0, 0.05) is 12.8 Å². The molecule has 0 fully saturated rings. The molecule has 0 aromatic heterocycles. The highest BCUT2D eigenvalue weighted by atomic mass is 31.2. The normalized spacial score (nSPS) is 12.6. The summed E-state index contributed by atoms with van der Waals surface area (Å²) in [4.78, 5) is 42.2. The van der Waals surface area contributed by atoms with Crippen molar-refractivity contribution in [3.8, 4) is 0 Å². The molecule has 2 N–H and O–H groups in total. The average molecular weight is 577 g/mol. The van der Waals surface area contributed by atoms with Crippen molar-refractivity contribution < 1.29 is 37.9 Å². The monoisotopic (exact) mass is 576 g/mol. The quantitative estimate of drug-likeness (QED) is 0.0413.